The predicted octanol–water partition coefficient (Wildman–Crippen LogP) is 2.13. The van der Waals surface area contributed by atoms with Crippen LogP contribution in [-0.2, 0) is 16.0 Å². The average Bonchev–Trinajstić information content (AvgIpc) is 2.42. The lowest BCUT2D eigenvalue weighted by molar-refractivity contribution is -0.131. The topological polar surface area (TPSA) is 49.4 Å². The number of nitrogens with zero attached hydrogens (tertiary/aromatic N) is 1. The van der Waals surface area contributed by atoms with Crippen LogP contribution in [0, 0.1) is 5.92 Å². The number of carbonyl (C=O) groups is 2. The SMILES string of the molecule is CCc1cccc(N2CC(=O)NC(CC(C)C)C2=O)c1. The van der Waals surface area contributed by atoms with Gasteiger partial charge in [-0.15, -0.1) is 0 Å². The molecule has 0 aromatic heterocycles. The number of anilines is 1. The summed E-state index contributed by atoms with van der Waals surface area (Å²) in [6.45, 7) is 6.29. The molecule has 2 rings (SSSR count). The summed E-state index contributed by atoms with van der Waals surface area (Å²) in [6, 6.07) is 7.45. The van der Waals surface area contributed by atoms with Crippen LogP contribution in [0.15, 0.2) is 24.3 Å². The maximum atomic E-state index is 12.5. The first kappa shape index (κ1) is 14.6. The summed E-state index contributed by atoms with van der Waals surface area (Å²) in [5.41, 5.74) is 1.99. The first-order valence-electron chi connectivity index (χ1n) is 7.21. The minimum Gasteiger partial charge on any atom is -0.343 e. The molecule has 108 valence electrons. The summed E-state index contributed by atoms with van der Waals surface area (Å²) in [5.74, 6) is 0.273. The summed E-state index contributed by atoms with van der Waals surface area (Å²) < 4.78 is 0. The molecule has 1 saturated heterocycles. The highest BCUT2D eigenvalue weighted by molar-refractivity contribution is 6.06. The minimum absolute atomic E-state index is 0.00782. The second-order valence-corrected chi connectivity index (χ2v) is 5.70. The van der Waals surface area contributed by atoms with E-state index in [1.54, 1.807) is 4.90 Å². The van der Waals surface area contributed by atoms with Gasteiger partial charge in [0.15, 0.2) is 0 Å². The second kappa shape index (κ2) is 6.07. The van der Waals surface area contributed by atoms with Crippen LogP contribution >= 0.6 is 0 Å². The van der Waals surface area contributed by atoms with Crippen molar-refractivity contribution in [3.8, 4) is 0 Å². The molecule has 4 nitrogen and oxygen atoms in total. The maximum absolute atomic E-state index is 12.5. The molecule has 0 saturated carbocycles. The van der Waals surface area contributed by atoms with Crippen molar-refractivity contribution >= 4 is 17.5 Å². The number of benzene rings is 1. The lowest BCUT2D eigenvalue weighted by Crippen LogP contribution is -2.58. The van der Waals surface area contributed by atoms with Crippen molar-refractivity contribution in [2.45, 2.75) is 39.7 Å². The Morgan fingerprint density at radius 3 is 2.75 bits per heavy atom. The van der Waals surface area contributed by atoms with Crippen molar-refractivity contribution in [3.63, 3.8) is 0 Å². The van der Waals surface area contributed by atoms with Gasteiger partial charge in [0.1, 0.15) is 12.6 Å². The van der Waals surface area contributed by atoms with Crippen LogP contribution in [0.2, 0.25) is 0 Å². The fourth-order valence-electron chi connectivity index (χ4n) is 2.51. The fraction of sp³-hybridized carbons (Fsp3) is 0.500. The van der Waals surface area contributed by atoms with E-state index >= 15 is 0 Å². The molecule has 1 heterocycles. The van der Waals surface area contributed by atoms with Gasteiger partial charge in [0, 0.05) is 5.69 Å². The van der Waals surface area contributed by atoms with Crippen molar-refractivity contribution in [2.24, 2.45) is 5.92 Å². The van der Waals surface area contributed by atoms with Crippen LogP contribution in [0.5, 0.6) is 0 Å². The van der Waals surface area contributed by atoms with E-state index in [9.17, 15) is 9.59 Å². The highest BCUT2D eigenvalue weighted by Gasteiger charge is 2.33. The fourth-order valence-corrected chi connectivity index (χ4v) is 2.51. The molecule has 0 bridgehead atoms. The predicted molar refractivity (Wildman–Crippen MR) is 79.6 cm³/mol. The molecule has 2 amide bonds. The van der Waals surface area contributed by atoms with E-state index in [2.05, 4.69) is 26.1 Å². The largest absolute Gasteiger partial charge is 0.343 e. The van der Waals surface area contributed by atoms with Gasteiger partial charge in [0.2, 0.25) is 11.8 Å². The second-order valence-electron chi connectivity index (χ2n) is 5.70. The number of rotatable bonds is 4. The maximum Gasteiger partial charge on any atom is 0.250 e. The lowest BCUT2D eigenvalue weighted by atomic mass is 10.0. The van der Waals surface area contributed by atoms with E-state index in [0.717, 1.165) is 12.1 Å². The van der Waals surface area contributed by atoms with Gasteiger partial charge in [-0.1, -0.05) is 32.9 Å². The van der Waals surface area contributed by atoms with Crippen LogP contribution < -0.4 is 10.2 Å². The monoisotopic (exact) mass is 274 g/mol. The van der Waals surface area contributed by atoms with Gasteiger partial charge in [0.25, 0.3) is 0 Å². The van der Waals surface area contributed by atoms with Gasteiger partial charge >= 0.3 is 0 Å². The van der Waals surface area contributed by atoms with E-state index in [4.69, 9.17) is 0 Å². The van der Waals surface area contributed by atoms with Crippen molar-refractivity contribution in [2.75, 3.05) is 11.4 Å². The number of amides is 2. The van der Waals surface area contributed by atoms with Gasteiger partial charge in [-0.2, -0.15) is 0 Å². The standard InChI is InChI=1S/C16H22N2O2/c1-4-12-6-5-7-13(9-12)18-10-15(19)17-14(16(18)20)8-11(2)3/h5-7,9,11,14H,4,8,10H2,1-3H3,(H,17,19). The van der Waals surface area contributed by atoms with Crippen molar-refractivity contribution in [1.82, 2.24) is 5.32 Å². The molecule has 1 fully saturated rings. The summed E-state index contributed by atoms with van der Waals surface area (Å²) in [6.07, 6.45) is 1.59. The Bertz CT molecular complexity index is 511. The Balaban J connectivity index is 2.25. The smallest absolute Gasteiger partial charge is 0.250 e. The van der Waals surface area contributed by atoms with Crippen molar-refractivity contribution < 1.29 is 9.59 Å². The van der Waals surface area contributed by atoms with Crippen LogP contribution in [-0.4, -0.2) is 24.4 Å². The third kappa shape index (κ3) is 3.18. The molecule has 0 radical (unpaired) electrons. The van der Waals surface area contributed by atoms with E-state index in [1.807, 2.05) is 24.3 Å². The number of carbonyl (C=O) groups excluding carboxylic acids is 2. The lowest BCUT2D eigenvalue weighted by Gasteiger charge is -2.33. The van der Waals surface area contributed by atoms with Crippen LogP contribution in [0.1, 0.15) is 32.8 Å². The van der Waals surface area contributed by atoms with Crippen LogP contribution in [0.25, 0.3) is 0 Å². The van der Waals surface area contributed by atoms with Gasteiger partial charge in [-0.3, -0.25) is 9.59 Å². The number of aryl methyl sites for hydroxylation is 1. The molecule has 1 aliphatic rings. The summed E-state index contributed by atoms with van der Waals surface area (Å²) >= 11 is 0. The molecule has 1 atom stereocenters. The molecular formula is C16H22N2O2. The van der Waals surface area contributed by atoms with Crippen LogP contribution in [0.4, 0.5) is 5.69 Å². The number of hydrogen-bond donors (Lipinski definition) is 1. The average molecular weight is 274 g/mol. The Kier molecular flexibility index (Phi) is 4.42. The molecule has 4 heteroatoms. The Hall–Kier alpha value is -1.84. The third-order valence-electron chi connectivity index (χ3n) is 3.54. The summed E-state index contributed by atoms with van der Waals surface area (Å²) in [7, 11) is 0. The molecule has 1 aliphatic heterocycles. The van der Waals surface area contributed by atoms with E-state index in [1.165, 1.54) is 5.56 Å². The molecule has 1 N–H and O–H groups in total. The third-order valence-corrected chi connectivity index (χ3v) is 3.54. The van der Waals surface area contributed by atoms with Crippen LogP contribution in [0.3, 0.4) is 0 Å². The molecule has 20 heavy (non-hydrogen) atoms. The van der Waals surface area contributed by atoms with Crippen molar-refractivity contribution in [1.29, 1.82) is 0 Å². The Morgan fingerprint density at radius 1 is 1.35 bits per heavy atom. The first-order chi connectivity index (χ1) is 9.51. The summed E-state index contributed by atoms with van der Waals surface area (Å²) in [5, 5.41) is 2.80. The van der Waals surface area contributed by atoms with Crippen molar-refractivity contribution in [3.05, 3.63) is 29.8 Å². The zero-order valence-electron chi connectivity index (χ0n) is 12.3. The van der Waals surface area contributed by atoms with Gasteiger partial charge in [0.05, 0.1) is 0 Å². The minimum atomic E-state index is -0.401. The van der Waals surface area contributed by atoms with Gasteiger partial charge in [-0.25, -0.2) is 0 Å². The molecule has 1 unspecified atom stereocenters. The molecule has 1 aromatic rings. The molecule has 0 spiro atoms. The molecule has 1 aromatic carbocycles. The Labute approximate surface area is 120 Å². The number of piperazine rings is 1. The number of nitrogens with one attached hydrogen (secondary N) is 1. The van der Waals surface area contributed by atoms with E-state index < -0.39 is 6.04 Å². The normalized spacial score (nSPS) is 19.4. The van der Waals surface area contributed by atoms with E-state index in [0.29, 0.717) is 12.3 Å². The quantitative estimate of drug-likeness (QED) is 0.914. The molecule has 0 aliphatic carbocycles. The summed E-state index contributed by atoms with van der Waals surface area (Å²) in [4.78, 5) is 26.0. The number of hydrogen-bond acceptors (Lipinski definition) is 2. The van der Waals surface area contributed by atoms with Gasteiger partial charge < -0.3 is 10.2 Å². The van der Waals surface area contributed by atoms with Gasteiger partial charge in [-0.05, 0) is 36.5 Å². The highest BCUT2D eigenvalue weighted by Crippen LogP contribution is 2.21. The Morgan fingerprint density at radius 2 is 2.10 bits per heavy atom. The first-order valence-corrected chi connectivity index (χ1v) is 7.21. The zero-order chi connectivity index (χ0) is 14.7. The molecular weight excluding hydrogens is 252 g/mol. The van der Waals surface area contributed by atoms with E-state index in [-0.39, 0.29) is 18.4 Å². The zero-order valence-corrected chi connectivity index (χ0v) is 12.3. The highest BCUT2D eigenvalue weighted by atomic mass is 16.2.